The zero-order chi connectivity index (χ0) is 14.0. The quantitative estimate of drug-likeness (QED) is 0.496. The fraction of sp³-hybridized carbons (Fsp3) is 0.667. The number of Topliss-reactive ketones (excluding diaryl/α,β-unsaturated/α-hetero) is 1. The highest BCUT2D eigenvalue weighted by Crippen LogP contribution is 2.16. The molecule has 0 aliphatic heterocycles. The van der Waals surface area contributed by atoms with E-state index in [1.165, 1.54) is 0 Å². The van der Waals surface area contributed by atoms with Crippen molar-refractivity contribution < 1.29 is 14.6 Å². The Hall–Kier alpha value is -1.25. The van der Waals surface area contributed by atoms with Crippen molar-refractivity contribution in [2.45, 2.75) is 53.4 Å². The number of rotatable bonds is 9. The molecule has 0 saturated carbocycles. The molecule has 0 heterocycles. The molecular weight excluding hydrogens is 228 g/mol. The van der Waals surface area contributed by atoms with Crippen molar-refractivity contribution in [1.29, 1.82) is 0 Å². The number of hydrogen-bond donors (Lipinski definition) is 1. The van der Waals surface area contributed by atoms with Crippen molar-refractivity contribution >= 4 is 5.78 Å². The van der Waals surface area contributed by atoms with Crippen LogP contribution in [0.25, 0.3) is 0 Å². The van der Waals surface area contributed by atoms with Crippen LogP contribution in [0, 0.1) is 5.92 Å². The number of aliphatic hydroxyl groups is 1. The molecule has 0 rings (SSSR count). The highest BCUT2D eigenvalue weighted by atomic mass is 16.5. The first-order chi connectivity index (χ1) is 8.52. The molecule has 0 radical (unpaired) electrons. The number of ketones is 1. The fourth-order valence-corrected chi connectivity index (χ4v) is 1.51. The van der Waals surface area contributed by atoms with Gasteiger partial charge in [-0.2, -0.15) is 0 Å². The minimum Gasteiger partial charge on any atom is -0.508 e. The second-order valence-corrected chi connectivity index (χ2v) is 4.46. The Morgan fingerprint density at radius 3 is 2.56 bits per heavy atom. The molecule has 1 N–H and O–H groups in total. The van der Waals surface area contributed by atoms with E-state index in [2.05, 4.69) is 0 Å². The molecule has 0 aliphatic rings. The van der Waals surface area contributed by atoms with Crippen molar-refractivity contribution in [3.8, 4) is 0 Å². The summed E-state index contributed by atoms with van der Waals surface area (Å²) >= 11 is 0. The van der Waals surface area contributed by atoms with E-state index < -0.39 is 0 Å². The molecule has 0 fully saturated rings. The largest absolute Gasteiger partial charge is 0.508 e. The van der Waals surface area contributed by atoms with Crippen LogP contribution in [0.5, 0.6) is 0 Å². The lowest BCUT2D eigenvalue weighted by Crippen LogP contribution is -2.06. The normalized spacial score (nSPS) is 14.4. The summed E-state index contributed by atoms with van der Waals surface area (Å²) in [5.74, 6) is 1.10. The summed E-state index contributed by atoms with van der Waals surface area (Å²) in [6, 6.07) is 0. The summed E-state index contributed by atoms with van der Waals surface area (Å²) in [7, 11) is 0. The molecule has 104 valence electrons. The number of carbonyl (C=O) groups excluding carboxylic acids is 1. The van der Waals surface area contributed by atoms with Crippen molar-refractivity contribution in [2.75, 3.05) is 6.61 Å². The number of hydrogen-bond acceptors (Lipinski definition) is 3. The molecule has 1 unspecified atom stereocenters. The number of allylic oxidation sites excluding steroid dienone is 3. The van der Waals surface area contributed by atoms with Crippen molar-refractivity contribution in [2.24, 2.45) is 5.92 Å². The lowest BCUT2D eigenvalue weighted by atomic mass is 10.00. The van der Waals surface area contributed by atoms with Crippen LogP contribution >= 0.6 is 0 Å². The Bertz CT molecular complexity index is 303. The standard InChI is InChI=1S/C15H26O3/c1-5-7-11-15(18-6-2)14(17)10-8-9-12(3)13(4)16/h7,11-12,17H,5-6,8-10H2,1-4H3/b11-7-,15-14-. The van der Waals surface area contributed by atoms with E-state index >= 15 is 0 Å². The number of aliphatic hydroxyl groups excluding tert-OH is 1. The Labute approximate surface area is 111 Å². The van der Waals surface area contributed by atoms with E-state index in [4.69, 9.17) is 4.74 Å². The second kappa shape index (κ2) is 9.75. The van der Waals surface area contributed by atoms with Crippen molar-refractivity contribution in [3.63, 3.8) is 0 Å². The molecule has 0 aliphatic carbocycles. The highest BCUT2D eigenvalue weighted by molar-refractivity contribution is 5.77. The molecule has 18 heavy (non-hydrogen) atoms. The van der Waals surface area contributed by atoms with Crippen LogP contribution in [0.15, 0.2) is 23.7 Å². The van der Waals surface area contributed by atoms with Gasteiger partial charge in [0.1, 0.15) is 11.5 Å². The zero-order valence-electron chi connectivity index (χ0n) is 12.0. The maximum atomic E-state index is 11.1. The van der Waals surface area contributed by atoms with Crippen LogP contribution in [0.2, 0.25) is 0 Å². The third kappa shape index (κ3) is 7.15. The lowest BCUT2D eigenvalue weighted by Gasteiger charge is -2.10. The maximum absolute atomic E-state index is 11.1. The van der Waals surface area contributed by atoms with Crippen LogP contribution in [0.4, 0.5) is 0 Å². The highest BCUT2D eigenvalue weighted by Gasteiger charge is 2.09. The summed E-state index contributed by atoms with van der Waals surface area (Å²) in [5.41, 5.74) is 0. The van der Waals surface area contributed by atoms with Crippen LogP contribution in [-0.2, 0) is 9.53 Å². The Morgan fingerprint density at radius 2 is 2.06 bits per heavy atom. The van der Waals surface area contributed by atoms with E-state index in [9.17, 15) is 9.90 Å². The first kappa shape index (κ1) is 16.8. The summed E-state index contributed by atoms with van der Waals surface area (Å²) < 4.78 is 5.39. The van der Waals surface area contributed by atoms with Gasteiger partial charge in [0.25, 0.3) is 0 Å². The Kier molecular flexibility index (Phi) is 9.07. The number of ether oxygens (including phenoxy) is 1. The van der Waals surface area contributed by atoms with Gasteiger partial charge in [-0.05, 0) is 39.2 Å². The molecule has 0 saturated heterocycles. The predicted molar refractivity (Wildman–Crippen MR) is 74.4 cm³/mol. The SMILES string of the molecule is CC/C=C\C(OCC)=C(\O)CCCC(C)C(C)=O. The summed E-state index contributed by atoms with van der Waals surface area (Å²) in [5, 5.41) is 9.94. The molecular formula is C15H26O3. The average Bonchev–Trinajstić information content (AvgIpc) is 2.33. The summed E-state index contributed by atoms with van der Waals surface area (Å²) in [4.78, 5) is 11.1. The smallest absolute Gasteiger partial charge is 0.156 e. The number of carbonyl (C=O) groups is 1. The van der Waals surface area contributed by atoms with Gasteiger partial charge in [-0.15, -0.1) is 0 Å². The van der Waals surface area contributed by atoms with Crippen LogP contribution in [-0.4, -0.2) is 17.5 Å². The van der Waals surface area contributed by atoms with Crippen LogP contribution in [0.3, 0.4) is 0 Å². The molecule has 0 aromatic rings. The third-order valence-corrected chi connectivity index (χ3v) is 2.83. The van der Waals surface area contributed by atoms with Crippen molar-refractivity contribution in [1.82, 2.24) is 0 Å². The maximum Gasteiger partial charge on any atom is 0.156 e. The Morgan fingerprint density at radius 1 is 1.39 bits per heavy atom. The third-order valence-electron chi connectivity index (χ3n) is 2.83. The molecule has 0 aromatic carbocycles. The minimum atomic E-state index is 0.0690. The summed E-state index contributed by atoms with van der Waals surface area (Å²) in [6.07, 6.45) is 6.83. The van der Waals surface area contributed by atoms with Gasteiger partial charge in [-0.25, -0.2) is 0 Å². The van der Waals surface area contributed by atoms with Gasteiger partial charge in [0, 0.05) is 12.3 Å². The van der Waals surface area contributed by atoms with Gasteiger partial charge in [-0.3, -0.25) is 4.79 Å². The molecule has 0 aromatic heterocycles. The minimum absolute atomic E-state index is 0.0690. The van der Waals surface area contributed by atoms with Crippen molar-refractivity contribution in [3.05, 3.63) is 23.7 Å². The second-order valence-electron chi connectivity index (χ2n) is 4.46. The van der Waals surface area contributed by atoms with Gasteiger partial charge in [0.2, 0.25) is 0 Å². The monoisotopic (exact) mass is 254 g/mol. The van der Waals surface area contributed by atoms with E-state index in [1.54, 1.807) is 6.92 Å². The zero-order valence-corrected chi connectivity index (χ0v) is 12.0. The molecule has 0 bridgehead atoms. The van der Waals surface area contributed by atoms with Gasteiger partial charge < -0.3 is 9.84 Å². The van der Waals surface area contributed by atoms with E-state index in [0.717, 1.165) is 19.3 Å². The molecule has 3 nitrogen and oxygen atoms in total. The topological polar surface area (TPSA) is 46.5 Å². The first-order valence-corrected chi connectivity index (χ1v) is 6.74. The predicted octanol–water partition coefficient (Wildman–Crippen LogP) is 4.15. The van der Waals surface area contributed by atoms with Gasteiger partial charge in [0.15, 0.2) is 5.76 Å². The van der Waals surface area contributed by atoms with E-state index in [-0.39, 0.29) is 17.5 Å². The van der Waals surface area contributed by atoms with E-state index in [0.29, 0.717) is 18.8 Å². The average molecular weight is 254 g/mol. The molecule has 3 heteroatoms. The van der Waals surface area contributed by atoms with E-state index in [1.807, 2.05) is 32.9 Å². The van der Waals surface area contributed by atoms with Crippen LogP contribution < -0.4 is 0 Å². The Balaban J connectivity index is 4.33. The fourth-order valence-electron chi connectivity index (χ4n) is 1.51. The van der Waals surface area contributed by atoms with Gasteiger partial charge in [0.05, 0.1) is 6.61 Å². The van der Waals surface area contributed by atoms with Gasteiger partial charge in [-0.1, -0.05) is 19.9 Å². The van der Waals surface area contributed by atoms with Crippen LogP contribution in [0.1, 0.15) is 53.4 Å². The summed E-state index contributed by atoms with van der Waals surface area (Å²) in [6.45, 7) is 7.99. The lowest BCUT2D eigenvalue weighted by molar-refractivity contribution is -0.120. The molecule has 1 atom stereocenters. The molecule has 0 spiro atoms. The van der Waals surface area contributed by atoms with Gasteiger partial charge >= 0.3 is 0 Å². The molecule has 0 amide bonds. The first-order valence-electron chi connectivity index (χ1n) is 6.74.